The monoisotopic (exact) mass is 321 g/mol. The lowest BCUT2D eigenvalue weighted by Crippen LogP contribution is -2.48. The molecule has 1 fully saturated rings. The molecule has 128 valence electrons. The quantitative estimate of drug-likeness (QED) is 0.855. The number of amides is 2. The van der Waals surface area contributed by atoms with Crippen molar-refractivity contribution in [3.8, 4) is 0 Å². The second-order valence-electron chi connectivity index (χ2n) is 6.34. The second kappa shape index (κ2) is 7.59. The molecule has 2 rings (SSSR count). The summed E-state index contributed by atoms with van der Waals surface area (Å²) in [5, 5.41) is 9.88. The number of carbonyl (C=O) groups excluding carboxylic acids is 2. The summed E-state index contributed by atoms with van der Waals surface area (Å²) in [4.78, 5) is 26.3. The van der Waals surface area contributed by atoms with Crippen LogP contribution in [0.2, 0.25) is 0 Å². The minimum absolute atomic E-state index is 0.0363. The molecule has 2 heterocycles. The highest BCUT2D eigenvalue weighted by Crippen LogP contribution is 2.20. The lowest BCUT2D eigenvalue weighted by atomic mass is 9.95. The van der Waals surface area contributed by atoms with Gasteiger partial charge < -0.3 is 10.6 Å². The van der Waals surface area contributed by atoms with Crippen molar-refractivity contribution in [2.24, 2.45) is 5.92 Å². The Labute approximate surface area is 137 Å². The lowest BCUT2D eigenvalue weighted by molar-refractivity contribution is -0.126. The van der Waals surface area contributed by atoms with Crippen LogP contribution in [0.3, 0.4) is 0 Å². The van der Waals surface area contributed by atoms with E-state index in [1.165, 1.54) is 0 Å². The van der Waals surface area contributed by atoms with Crippen molar-refractivity contribution in [1.82, 2.24) is 20.0 Å². The number of hydrogen-bond donors (Lipinski definition) is 2. The molecule has 1 saturated heterocycles. The topological polar surface area (TPSA) is 79.3 Å². The van der Waals surface area contributed by atoms with Crippen LogP contribution in [0.4, 0.5) is 5.82 Å². The number of likely N-dealkylation sites (tertiary alicyclic amines) is 1. The minimum atomic E-state index is -0.226. The van der Waals surface area contributed by atoms with E-state index in [-0.39, 0.29) is 29.8 Å². The number of aromatic nitrogens is 2. The van der Waals surface area contributed by atoms with E-state index in [0.29, 0.717) is 0 Å². The Balaban J connectivity index is 1.91. The first-order chi connectivity index (χ1) is 10.9. The van der Waals surface area contributed by atoms with Gasteiger partial charge in [0.2, 0.25) is 11.8 Å². The largest absolute Gasteiger partial charge is 0.359 e. The van der Waals surface area contributed by atoms with E-state index in [2.05, 4.69) is 20.6 Å². The van der Waals surface area contributed by atoms with Crippen LogP contribution >= 0.6 is 0 Å². The molecule has 1 aromatic rings. The molecule has 0 radical (unpaired) electrons. The van der Waals surface area contributed by atoms with Crippen LogP contribution < -0.4 is 10.6 Å². The van der Waals surface area contributed by atoms with Crippen LogP contribution in [0.25, 0.3) is 0 Å². The van der Waals surface area contributed by atoms with Crippen LogP contribution in [-0.2, 0) is 9.59 Å². The zero-order valence-electron chi connectivity index (χ0n) is 14.4. The van der Waals surface area contributed by atoms with Crippen molar-refractivity contribution in [2.75, 3.05) is 25.5 Å². The number of anilines is 1. The van der Waals surface area contributed by atoms with Gasteiger partial charge in [0.05, 0.1) is 12.2 Å². The van der Waals surface area contributed by atoms with Crippen molar-refractivity contribution < 1.29 is 9.59 Å². The summed E-state index contributed by atoms with van der Waals surface area (Å²) >= 11 is 0. The fraction of sp³-hybridized carbons (Fsp3) is 0.688. The molecule has 7 nitrogen and oxygen atoms in total. The zero-order chi connectivity index (χ0) is 17.0. The first-order valence-corrected chi connectivity index (χ1v) is 8.24. The van der Waals surface area contributed by atoms with E-state index in [0.717, 1.165) is 31.7 Å². The summed E-state index contributed by atoms with van der Waals surface area (Å²) in [6.07, 6.45) is 3.28. The fourth-order valence-electron chi connectivity index (χ4n) is 2.97. The molecule has 0 aromatic carbocycles. The van der Waals surface area contributed by atoms with Crippen LogP contribution in [-0.4, -0.2) is 52.7 Å². The van der Waals surface area contributed by atoms with Gasteiger partial charge in [0.25, 0.3) is 0 Å². The van der Waals surface area contributed by atoms with Gasteiger partial charge in [0.15, 0.2) is 0 Å². The highest BCUT2D eigenvalue weighted by molar-refractivity contribution is 5.93. The molecule has 1 atom stereocenters. The molecule has 1 aliphatic heterocycles. The number of nitrogens with one attached hydrogen (secondary N) is 2. The molecule has 2 N–H and O–H groups in total. The standard InChI is InChI=1S/C16H27N5O2/c1-11(2)21-14(5-8-18-21)19-15(22)12(3)20-9-6-13(7-10-20)16(23)17-4/h5,8,11-13H,6-7,9-10H2,1-4H3,(H,17,23)(H,19,22)/t12-/m1/s1. The number of nitrogens with zero attached hydrogens (tertiary/aromatic N) is 3. The van der Waals surface area contributed by atoms with Gasteiger partial charge in [0, 0.05) is 25.1 Å². The predicted octanol–water partition coefficient (Wildman–Crippen LogP) is 1.25. The van der Waals surface area contributed by atoms with Crippen molar-refractivity contribution >= 4 is 17.6 Å². The van der Waals surface area contributed by atoms with Gasteiger partial charge in [-0.25, -0.2) is 4.68 Å². The van der Waals surface area contributed by atoms with Gasteiger partial charge >= 0.3 is 0 Å². The van der Waals surface area contributed by atoms with Crippen LogP contribution in [0.5, 0.6) is 0 Å². The number of carbonyl (C=O) groups is 2. The van der Waals surface area contributed by atoms with Gasteiger partial charge in [-0.05, 0) is 46.7 Å². The van der Waals surface area contributed by atoms with Crippen molar-refractivity contribution in [3.05, 3.63) is 12.3 Å². The Kier molecular flexibility index (Phi) is 5.76. The van der Waals surface area contributed by atoms with Gasteiger partial charge in [-0.2, -0.15) is 5.10 Å². The third-order valence-corrected chi connectivity index (χ3v) is 4.48. The third kappa shape index (κ3) is 4.10. The summed E-state index contributed by atoms with van der Waals surface area (Å²) in [6, 6.07) is 1.78. The minimum Gasteiger partial charge on any atom is -0.359 e. The molecular weight excluding hydrogens is 294 g/mol. The summed E-state index contributed by atoms with van der Waals surface area (Å²) in [6.45, 7) is 7.48. The Bertz CT molecular complexity index is 546. The summed E-state index contributed by atoms with van der Waals surface area (Å²) in [7, 11) is 1.67. The molecule has 0 aliphatic carbocycles. The SMILES string of the molecule is CNC(=O)C1CCN([C@H](C)C(=O)Nc2ccnn2C(C)C)CC1. The van der Waals surface area contributed by atoms with Crippen LogP contribution in [0.1, 0.15) is 39.7 Å². The first-order valence-electron chi connectivity index (χ1n) is 8.24. The molecule has 0 saturated carbocycles. The maximum atomic E-state index is 12.5. The summed E-state index contributed by atoms with van der Waals surface area (Å²) < 4.78 is 1.79. The molecule has 0 bridgehead atoms. The maximum absolute atomic E-state index is 12.5. The number of piperidine rings is 1. The Morgan fingerprint density at radius 3 is 2.48 bits per heavy atom. The van der Waals surface area contributed by atoms with E-state index in [9.17, 15) is 9.59 Å². The van der Waals surface area contributed by atoms with Crippen LogP contribution in [0, 0.1) is 5.92 Å². The Morgan fingerprint density at radius 2 is 1.91 bits per heavy atom. The molecule has 23 heavy (non-hydrogen) atoms. The van der Waals surface area contributed by atoms with Gasteiger partial charge in [-0.3, -0.25) is 14.5 Å². The highest BCUT2D eigenvalue weighted by atomic mass is 16.2. The number of rotatable bonds is 5. The van der Waals surface area contributed by atoms with Gasteiger partial charge in [0.1, 0.15) is 5.82 Å². The highest BCUT2D eigenvalue weighted by Gasteiger charge is 2.29. The predicted molar refractivity (Wildman–Crippen MR) is 89.1 cm³/mol. The third-order valence-electron chi connectivity index (χ3n) is 4.48. The summed E-state index contributed by atoms with van der Waals surface area (Å²) in [5.74, 6) is 0.847. The van der Waals surface area contributed by atoms with Crippen molar-refractivity contribution in [2.45, 2.75) is 45.7 Å². The average molecular weight is 321 g/mol. The fourth-order valence-corrected chi connectivity index (χ4v) is 2.97. The van der Waals surface area contributed by atoms with Crippen LogP contribution in [0.15, 0.2) is 12.3 Å². The van der Waals surface area contributed by atoms with Gasteiger partial charge in [-0.15, -0.1) is 0 Å². The van der Waals surface area contributed by atoms with E-state index >= 15 is 0 Å². The maximum Gasteiger partial charge on any atom is 0.242 e. The molecule has 1 aromatic heterocycles. The molecule has 2 amide bonds. The lowest BCUT2D eigenvalue weighted by Gasteiger charge is -2.34. The molecule has 7 heteroatoms. The van der Waals surface area contributed by atoms with E-state index in [1.807, 2.05) is 26.8 Å². The molecule has 0 spiro atoms. The second-order valence-corrected chi connectivity index (χ2v) is 6.34. The zero-order valence-corrected chi connectivity index (χ0v) is 14.4. The number of hydrogen-bond acceptors (Lipinski definition) is 4. The normalized spacial score (nSPS) is 18.0. The van der Waals surface area contributed by atoms with E-state index in [1.54, 1.807) is 17.9 Å². The molecule has 0 unspecified atom stereocenters. The first kappa shape index (κ1) is 17.5. The van der Waals surface area contributed by atoms with Gasteiger partial charge in [-0.1, -0.05) is 0 Å². The molecular formula is C16H27N5O2. The molecule has 1 aliphatic rings. The smallest absolute Gasteiger partial charge is 0.242 e. The van der Waals surface area contributed by atoms with E-state index in [4.69, 9.17) is 0 Å². The van der Waals surface area contributed by atoms with E-state index < -0.39 is 0 Å². The Morgan fingerprint density at radius 1 is 1.26 bits per heavy atom. The summed E-state index contributed by atoms with van der Waals surface area (Å²) in [5.41, 5.74) is 0. The average Bonchev–Trinajstić information content (AvgIpc) is 3.01. The van der Waals surface area contributed by atoms with Crippen molar-refractivity contribution in [3.63, 3.8) is 0 Å². The Hall–Kier alpha value is -1.89. The van der Waals surface area contributed by atoms with Crippen molar-refractivity contribution in [1.29, 1.82) is 0 Å².